The minimum atomic E-state index is -0.0637. The molecular formula is C19H27N5OS. The number of aromatic nitrogens is 1. The van der Waals surface area contributed by atoms with E-state index < -0.39 is 0 Å². The first-order valence-corrected chi connectivity index (χ1v) is 9.61. The molecule has 0 saturated carbocycles. The Hall–Kier alpha value is -2.41. The van der Waals surface area contributed by atoms with Crippen molar-refractivity contribution in [2.45, 2.75) is 34.2 Å². The second kappa shape index (κ2) is 9.91. The number of benzene rings is 1. The molecule has 7 heteroatoms. The summed E-state index contributed by atoms with van der Waals surface area (Å²) >= 11 is 1.67. The quantitative estimate of drug-likeness (QED) is 0.396. The van der Waals surface area contributed by atoms with E-state index in [2.05, 4.69) is 32.9 Å². The second-order valence-electron chi connectivity index (χ2n) is 6.00. The molecule has 0 atom stereocenters. The highest BCUT2D eigenvalue weighted by atomic mass is 32.1. The maximum atomic E-state index is 12.1. The Balaban J connectivity index is 1.80. The van der Waals surface area contributed by atoms with Gasteiger partial charge in [0.15, 0.2) is 5.96 Å². The normalized spacial score (nSPS) is 11.3. The molecule has 26 heavy (non-hydrogen) atoms. The smallest absolute Gasteiger partial charge is 0.251 e. The molecule has 3 N–H and O–H groups in total. The number of amides is 1. The minimum Gasteiger partial charge on any atom is -0.357 e. The molecule has 0 saturated heterocycles. The zero-order valence-corrected chi connectivity index (χ0v) is 16.7. The first-order valence-electron chi connectivity index (χ1n) is 8.79. The zero-order chi connectivity index (χ0) is 18.9. The number of aliphatic imine (C=N–C) groups is 1. The molecule has 1 aromatic carbocycles. The van der Waals surface area contributed by atoms with Crippen LogP contribution in [0.2, 0.25) is 0 Å². The highest BCUT2D eigenvalue weighted by Gasteiger charge is 2.06. The Morgan fingerprint density at radius 2 is 1.92 bits per heavy atom. The number of rotatable bonds is 7. The summed E-state index contributed by atoms with van der Waals surface area (Å²) in [6, 6.07) is 7.56. The first-order chi connectivity index (χ1) is 12.5. The Bertz CT molecular complexity index is 750. The Morgan fingerprint density at radius 3 is 2.58 bits per heavy atom. The third kappa shape index (κ3) is 6.15. The first kappa shape index (κ1) is 19.9. The summed E-state index contributed by atoms with van der Waals surface area (Å²) in [4.78, 5) is 22.4. The number of carbonyl (C=O) groups excluding carboxylic acids is 1. The number of hydrogen-bond acceptors (Lipinski definition) is 4. The van der Waals surface area contributed by atoms with Gasteiger partial charge in [0.1, 0.15) is 5.01 Å². The van der Waals surface area contributed by atoms with Crippen molar-refractivity contribution < 1.29 is 4.79 Å². The average Bonchev–Trinajstić information content (AvgIpc) is 2.94. The molecule has 0 aliphatic carbocycles. The zero-order valence-electron chi connectivity index (χ0n) is 15.8. The van der Waals surface area contributed by atoms with Gasteiger partial charge in [-0.2, -0.15) is 0 Å². The summed E-state index contributed by atoms with van der Waals surface area (Å²) in [5, 5.41) is 10.4. The number of aryl methyl sites for hydroxylation is 3. The van der Waals surface area contributed by atoms with Crippen molar-refractivity contribution in [3.63, 3.8) is 0 Å². The molecule has 0 unspecified atom stereocenters. The monoisotopic (exact) mass is 373 g/mol. The predicted octanol–water partition coefficient (Wildman–Crippen LogP) is 2.55. The summed E-state index contributed by atoms with van der Waals surface area (Å²) in [5.41, 5.74) is 2.82. The van der Waals surface area contributed by atoms with Crippen molar-refractivity contribution >= 4 is 23.2 Å². The molecule has 2 aromatic rings. The van der Waals surface area contributed by atoms with Crippen LogP contribution in [0.1, 0.15) is 38.4 Å². The van der Waals surface area contributed by atoms with Crippen LogP contribution in [-0.2, 0) is 6.54 Å². The fourth-order valence-electron chi connectivity index (χ4n) is 2.34. The fraction of sp³-hybridized carbons (Fsp3) is 0.421. The van der Waals surface area contributed by atoms with Crippen LogP contribution >= 0.6 is 11.3 Å². The van der Waals surface area contributed by atoms with E-state index >= 15 is 0 Å². The van der Waals surface area contributed by atoms with Crippen molar-refractivity contribution in [2.24, 2.45) is 4.99 Å². The summed E-state index contributed by atoms with van der Waals surface area (Å²) in [6.07, 6.45) is 0. The Kier molecular flexibility index (Phi) is 7.59. The molecule has 0 aliphatic rings. The van der Waals surface area contributed by atoms with Gasteiger partial charge in [0.25, 0.3) is 5.91 Å². The van der Waals surface area contributed by atoms with Crippen LogP contribution in [-0.4, -0.2) is 36.5 Å². The van der Waals surface area contributed by atoms with Crippen molar-refractivity contribution in [1.82, 2.24) is 20.9 Å². The van der Waals surface area contributed by atoms with Gasteiger partial charge < -0.3 is 16.0 Å². The van der Waals surface area contributed by atoms with E-state index in [1.54, 1.807) is 11.3 Å². The maximum absolute atomic E-state index is 12.1. The number of hydrogen-bond donors (Lipinski definition) is 3. The molecule has 6 nitrogen and oxygen atoms in total. The summed E-state index contributed by atoms with van der Waals surface area (Å²) < 4.78 is 0. The minimum absolute atomic E-state index is 0.0637. The number of nitrogens with one attached hydrogen (secondary N) is 3. The molecule has 0 fully saturated rings. The van der Waals surface area contributed by atoms with E-state index in [-0.39, 0.29) is 5.91 Å². The molecule has 0 radical (unpaired) electrons. The van der Waals surface area contributed by atoms with Crippen molar-refractivity contribution in [3.05, 3.63) is 51.0 Å². The molecule has 1 aromatic heterocycles. The molecule has 1 heterocycles. The third-order valence-corrected chi connectivity index (χ3v) is 4.83. The lowest BCUT2D eigenvalue weighted by Crippen LogP contribution is -2.41. The van der Waals surface area contributed by atoms with Crippen LogP contribution in [0.15, 0.2) is 29.3 Å². The summed E-state index contributed by atoms with van der Waals surface area (Å²) in [6.45, 7) is 10.5. The SMILES string of the molecule is CCNC(=NCc1nc(C)c(C)s1)NCCNC(=O)c1cccc(C)c1. The van der Waals surface area contributed by atoms with E-state index in [0.29, 0.717) is 25.2 Å². The van der Waals surface area contributed by atoms with Crippen LogP contribution in [0.4, 0.5) is 0 Å². The van der Waals surface area contributed by atoms with E-state index in [4.69, 9.17) is 0 Å². The van der Waals surface area contributed by atoms with Gasteiger partial charge in [-0.05, 0) is 39.8 Å². The highest BCUT2D eigenvalue weighted by molar-refractivity contribution is 7.11. The maximum Gasteiger partial charge on any atom is 0.251 e. The molecule has 0 aliphatic heterocycles. The third-order valence-electron chi connectivity index (χ3n) is 3.77. The van der Waals surface area contributed by atoms with E-state index in [1.807, 2.05) is 45.0 Å². The molecule has 0 bridgehead atoms. The second-order valence-corrected chi connectivity index (χ2v) is 7.28. The molecular weight excluding hydrogens is 346 g/mol. The van der Waals surface area contributed by atoms with E-state index in [1.165, 1.54) is 4.88 Å². The number of carbonyl (C=O) groups is 1. The molecule has 140 valence electrons. The molecule has 1 amide bonds. The lowest BCUT2D eigenvalue weighted by Gasteiger charge is -2.11. The Morgan fingerprint density at radius 1 is 1.15 bits per heavy atom. The Labute approximate surface area is 159 Å². The van der Waals surface area contributed by atoms with Crippen molar-refractivity contribution in [2.75, 3.05) is 19.6 Å². The molecule has 0 spiro atoms. The van der Waals surface area contributed by atoms with Gasteiger partial charge in [0.05, 0.1) is 12.2 Å². The van der Waals surface area contributed by atoms with Crippen molar-refractivity contribution in [1.29, 1.82) is 0 Å². The van der Waals surface area contributed by atoms with Crippen LogP contribution < -0.4 is 16.0 Å². The molecule has 2 rings (SSSR count). The van der Waals surface area contributed by atoms with Crippen LogP contribution in [0.3, 0.4) is 0 Å². The number of thiazole rings is 1. The lowest BCUT2D eigenvalue weighted by atomic mass is 10.1. The van der Waals surface area contributed by atoms with Gasteiger partial charge in [-0.15, -0.1) is 11.3 Å². The fourth-order valence-corrected chi connectivity index (χ4v) is 3.20. The van der Waals surface area contributed by atoms with Crippen LogP contribution in [0, 0.1) is 20.8 Å². The van der Waals surface area contributed by atoms with E-state index in [9.17, 15) is 4.79 Å². The largest absolute Gasteiger partial charge is 0.357 e. The van der Waals surface area contributed by atoms with Gasteiger partial charge in [0, 0.05) is 30.1 Å². The van der Waals surface area contributed by atoms with E-state index in [0.717, 1.165) is 28.8 Å². The predicted molar refractivity (Wildman–Crippen MR) is 108 cm³/mol. The number of nitrogens with zero attached hydrogens (tertiary/aromatic N) is 2. The summed E-state index contributed by atoms with van der Waals surface area (Å²) in [5.74, 6) is 0.661. The topological polar surface area (TPSA) is 78.4 Å². The van der Waals surface area contributed by atoms with Gasteiger partial charge in [-0.1, -0.05) is 17.7 Å². The van der Waals surface area contributed by atoms with Crippen molar-refractivity contribution in [3.8, 4) is 0 Å². The average molecular weight is 374 g/mol. The highest BCUT2D eigenvalue weighted by Crippen LogP contribution is 2.16. The standard InChI is InChI=1S/C19H27N5OS/c1-5-20-19(23-12-17-24-14(3)15(4)26-17)22-10-9-21-18(25)16-8-6-7-13(2)11-16/h6-8,11H,5,9-10,12H2,1-4H3,(H,21,25)(H2,20,22,23). The van der Waals surface area contributed by atoms with Gasteiger partial charge in [-0.25, -0.2) is 9.98 Å². The number of guanidine groups is 1. The summed E-state index contributed by atoms with van der Waals surface area (Å²) in [7, 11) is 0. The lowest BCUT2D eigenvalue weighted by molar-refractivity contribution is 0.0954. The van der Waals surface area contributed by atoms with Gasteiger partial charge in [0.2, 0.25) is 0 Å². The van der Waals surface area contributed by atoms with Gasteiger partial charge in [-0.3, -0.25) is 4.79 Å². The van der Waals surface area contributed by atoms with Gasteiger partial charge >= 0.3 is 0 Å². The van der Waals surface area contributed by atoms with Crippen LogP contribution in [0.5, 0.6) is 0 Å². The van der Waals surface area contributed by atoms with Crippen LogP contribution in [0.25, 0.3) is 0 Å².